The summed E-state index contributed by atoms with van der Waals surface area (Å²) in [4.78, 5) is 11.0. The highest BCUT2D eigenvalue weighted by Gasteiger charge is 2.15. The molecule has 0 saturated carbocycles. The molecule has 0 saturated heterocycles. The second-order valence-corrected chi connectivity index (χ2v) is 3.60. The molecule has 0 aromatic heterocycles. The van der Waals surface area contributed by atoms with Gasteiger partial charge in [0, 0.05) is 0 Å². The van der Waals surface area contributed by atoms with Gasteiger partial charge >= 0.3 is 0 Å². The maximum atomic E-state index is 11.0. The summed E-state index contributed by atoms with van der Waals surface area (Å²) in [5.74, 6) is -0.487. The van der Waals surface area contributed by atoms with Crippen LogP contribution in [0, 0.1) is 6.92 Å². The van der Waals surface area contributed by atoms with Gasteiger partial charge in [0.1, 0.15) is 16.0 Å². The van der Waals surface area contributed by atoms with Crippen molar-refractivity contribution in [3.8, 4) is 11.5 Å². The van der Waals surface area contributed by atoms with Gasteiger partial charge in [-0.15, -0.1) is 0 Å². The van der Waals surface area contributed by atoms with E-state index in [-0.39, 0.29) is 27.3 Å². The molecule has 13 heavy (non-hydrogen) atoms. The number of halogens is 1. The molecule has 0 unspecified atom stereocenters. The van der Waals surface area contributed by atoms with Crippen LogP contribution in [0.5, 0.6) is 11.5 Å². The molecule has 1 aromatic rings. The third kappa shape index (κ3) is 1.67. The van der Waals surface area contributed by atoms with Crippen molar-refractivity contribution >= 4 is 21.7 Å². The number of phenols is 2. The Morgan fingerprint density at radius 3 is 2.38 bits per heavy atom. The van der Waals surface area contributed by atoms with Crippen LogP contribution in [-0.4, -0.2) is 16.0 Å². The highest BCUT2D eigenvalue weighted by Crippen LogP contribution is 2.38. The van der Waals surface area contributed by atoms with Gasteiger partial charge in [0.15, 0.2) is 5.78 Å². The van der Waals surface area contributed by atoms with Gasteiger partial charge in [-0.25, -0.2) is 0 Å². The lowest BCUT2D eigenvalue weighted by atomic mass is 10.1. The number of hydrogen-bond acceptors (Lipinski definition) is 3. The zero-order chi connectivity index (χ0) is 10.2. The molecule has 0 bridgehead atoms. The predicted molar refractivity (Wildman–Crippen MR) is 52.2 cm³/mol. The molecule has 70 valence electrons. The Morgan fingerprint density at radius 1 is 1.38 bits per heavy atom. The van der Waals surface area contributed by atoms with Crippen molar-refractivity contribution in [3.05, 3.63) is 21.7 Å². The molecule has 4 heteroatoms. The van der Waals surface area contributed by atoms with E-state index in [0.29, 0.717) is 5.56 Å². The summed E-state index contributed by atoms with van der Waals surface area (Å²) >= 11 is 3.00. The first-order chi connectivity index (χ1) is 5.95. The van der Waals surface area contributed by atoms with Crippen LogP contribution in [0.2, 0.25) is 0 Å². The van der Waals surface area contributed by atoms with E-state index in [1.165, 1.54) is 13.0 Å². The van der Waals surface area contributed by atoms with E-state index < -0.39 is 0 Å². The molecule has 0 heterocycles. The summed E-state index contributed by atoms with van der Waals surface area (Å²) in [6.07, 6.45) is 0. The minimum absolute atomic E-state index is 0.0394. The fraction of sp³-hybridized carbons (Fsp3) is 0.222. The number of aryl methyl sites for hydroxylation is 1. The van der Waals surface area contributed by atoms with E-state index in [1.54, 1.807) is 6.92 Å². The Morgan fingerprint density at radius 2 is 1.92 bits per heavy atom. The highest BCUT2D eigenvalue weighted by atomic mass is 79.9. The number of carbonyl (C=O) groups excluding carboxylic acids is 1. The van der Waals surface area contributed by atoms with Gasteiger partial charge < -0.3 is 10.2 Å². The Labute approximate surface area is 84.1 Å². The van der Waals surface area contributed by atoms with E-state index in [1.807, 2.05) is 0 Å². The first kappa shape index (κ1) is 10.1. The number of rotatable bonds is 1. The highest BCUT2D eigenvalue weighted by molar-refractivity contribution is 9.10. The van der Waals surface area contributed by atoms with Gasteiger partial charge in [-0.3, -0.25) is 4.79 Å². The molecule has 3 nitrogen and oxygen atoms in total. The van der Waals surface area contributed by atoms with Crippen LogP contribution in [0.1, 0.15) is 22.8 Å². The normalized spacial score (nSPS) is 10.1. The second kappa shape index (κ2) is 3.38. The van der Waals surface area contributed by atoms with Gasteiger partial charge in [0.05, 0.1) is 5.56 Å². The zero-order valence-corrected chi connectivity index (χ0v) is 8.84. The number of benzene rings is 1. The number of ketones is 1. The lowest BCUT2D eigenvalue weighted by Crippen LogP contribution is -1.94. The van der Waals surface area contributed by atoms with E-state index in [2.05, 4.69) is 15.9 Å². The predicted octanol–water partition coefficient (Wildman–Crippen LogP) is 2.37. The maximum absolute atomic E-state index is 11.0. The topological polar surface area (TPSA) is 57.5 Å². The third-order valence-corrected chi connectivity index (χ3v) is 2.54. The maximum Gasteiger partial charge on any atom is 0.163 e. The van der Waals surface area contributed by atoms with Crippen molar-refractivity contribution in [2.24, 2.45) is 0 Å². The Bertz CT molecular complexity index is 372. The van der Waals surface area contributed by atoms with Crippen molar-refractivity contribution in [2.75, 3.05) is 0 Å². The van der Waals surface area contributed by atoms with Crippen LogP contribution >= 0.6 is 15.9 Å². The molecule has 0 amide bonds. The Kier molecular flexibility index (Phi) is 2.61. The second-order valence-electron chi connectivity index (χ2n) is 2.81. The average molecular weight is 245 g/mol. The summed E-state index contributed by atoms with van der Waals surface area (Å²) < 4.78 is 0.165. The molecule has 0 aliphatic heterocycles. The molecule has 0 spiro atoms. The lowest BCUT2D eigenvalue weighted by Gasteiger charge is -2.07. The van der Waals surface area contributed by atoms with Crippen molar-refractivity contribution in [3.63, 3.8) is 0 Å². The SMILES string of the molecule is CC(=O)c1cc(C)c(O)c(Br)c1O. The monoisotopic (exact) mass is 244 g/mol. The van der Waals surface area contributed by atoms with Crippen LogP contribution in [0.15, 0.2) is 10.5 Å². The van der Waals surface area contributed by atoms with Gasteiger partial charge in [-0.2, -0.15) is 0 Å². The molecule has 0 fully saturated rings. The molecular weight excluding hydrogens is 236 g/mol. The van der Waals surface area contributed by atoms with Crippen LogP contribution < -0.4 is 0 Å². The average Bonchev–Trinajstić information content (AvgIpc) is 2.07. The fourth-order valence-electron chi connectivity index (χ4n) is 1.03. The number of carbonyl (C=O) groups is 1. The quantitative estimate of drug-likeness (QED) is 0.746. The van der Waals surface area contributed by atoms with Crippen molar-refractivity contribution in [2.45, 2.75) is 13.8 Å². The van der Waals surface area contributed by atoms with Gasteiger partial charge in [-0.05, 0) is 41.4 Å². The van der Waals surface area contributed by atoms with E-state index >= 15 is 0 Å². The largest absolute Gasteiger partial charge is 0.506 e. The summed E-state index contributed by atoms with van der Waals surface area (Å²) in [6, 6.07) is 1.46. The fourth-order valence-corrected chi connectivity index (χ4v) is 1.55. The van der Waals surface area contributed by atoms with Crippen LogP contribution in [0.4, 0.5) is 0 Å². The van der Waals surface area contributed by atoms with Crippen LogP contribution in [-0.2, 0) is 0 Å². The van der Waals surface area contributed by atoms with E-state index in [9.17, 15) is 15.0 Å². The summed E-state index contributed by atoms with van der Waals surface area (Å²) in [6.45, 7) is 3.02. The van der Waals surface area contributed by atoms with Gasteiger partial charge in [0.2, 0.25) is 0 Å². The smallest absolute Gasteiger partial charge is 0.163 e. The lowest BCUT2D eigenvalue weighted by molar-refractivity contribution is 0.101. The number of hydrogen-bond donors (Lipinski definition) is 2. The Balaban J connectivity index is 3.50. The van der Waals surface area contributed by atoms with E-state index in [4.69, 9.17) is 0 Å². The van der Waals surface area contributed by atoms with Crippen molar-refractivity contribution in [1.29, 1.82) is 0 Å². The summed E-state index contributed by atoms with van der Waals surface area (Å²) in [7, 11) is 0. The summed E-state index contributed by atoms with van der Waals surface area (Å²) in [5.41, 5.74) is 0.761. The number of phenolic OH excluding ortho intramolecular Hbond substituents is 2. The molecule has 2 N–H and O–H groups in total. The Hall–Kier alpha value is -1.03. The standard InChI is InChI=1S/C9H9BrO3/c1-4-3-6(5(2)11)9(13)7(10)8(4)12/h3,12-13H,1-2H3. The molecule has 0 aliphatic rings. The molecule has 0 aliphatic carbocycles. The minimum Gasteiger partial charge on any atom is -0.506 e. The van der Waals surface area contributed by atoms with Crippen LogP contribution in [0.3, 0.4) is 0 Å². The molecule has 0 radical (unpaired) electrons. The zero-order valence-electron chi connectivity index (χ0n) is 7.26. The van der Waals surface area contributed by atoms with Crippen LogP contribution in [0.25, 0.3) is 0 Å². The first-order valence-electron chi connectivity index (χ1n) is 3.67. The molecule has 1 rings (SSSR count). The number of Topliss-reactive ketones (excluding diaryl/α,β-unsaturated/α-hetero) is 1. The molecular formula is C9H9BrO3. The summed E-state index contributed by atoms with van der Waals surface area (Å²) in [5, 5.41) is 18.8. The van der Waals surface area contributed by atoms with Gasteiger partial charge in [0.25, 0.3) is 0 Å². The van der Waals surface area contributed by atoms with Gasteiger partial charge in [-0.1, -0.05) is 0 Å². The molecule has 0 atom stereocenters. The first-order valence-corrected chi connectivity index (χ1v) is 4.46. The number of aromatic hydroxyl groups is 2. The third-order valence-electron chi connectivity index (χ3n) is 1.78. The van der Waals surface area contributed by atoms with Crippen molar-refractivity contribution in [1.82, 2.24) is 0 Å². The minimum atomic E-state index is -0.235. The van der Waals surface area contributed by atoms with Crippen molar-refractivity contribution < 1.29 is 15.0 Å². The van der Waals surface area contributed by atoms with E-state index in [0.717, 1.165) is 0 Å². The molecule has 1 aromatic carbocycles.